The summed E-state index contributed by atoms with van der Waals surface area (Å²) in [6, 6.07) is 7.41. The lowest BCUT2D eigenvalue weighted by Crippen LogP contribution is -2.41. The maximum atomic E-state index is 14.0. The van der Waals surface area contributed by atoms with Crippen LogP contribution in [0.5, 0.6) is 0 Å². The number of carboxylic acid groups (broad SMARTS) is 1. The van der Waals surface area contributed by atoms with E-state index in [1.807, 2.05) is 0 Å². The topological polar surface area (TPSA) is 91.6 Å². The fourth-order valence-electron chi connectivity index (χ4n) is 4.24. The standard InChI is InChI=1S/C22H20F5N3O4S/c23-20(24)14-12-30(35(33,34)18-7-2-1-4-15(18)22(25,26)27)17-6-3-5-16(19(14)17)28-13-8-10-29(11-9-13)21(31)32/h1-7,12-13,20,28H,8-11H2,(H,31,32). The second kappa shape index (κ2) is 9.02. The maximum absolute atomic E-state index is 14.0. The number of carbonyl (C=O) groups is 1. The van der Waals surface area contributed by atoms with E-state index in [-0.39, 0.29) is 35.7 Å². The summed E-state index contributed by atoms with van der Waals surface area (Å²) in [5.74, 6) is 0. The number of hydrogen-bond acceptors (Lipinski definition) is 4. The van der Waals surface area contributed by atoms with Crippen molar-refractivity contribution in [2.75, 3.05) is 18.4 Å². The van der Waals surface area contributed by atoms with Crippen molar-refractivity contribution in [3.8, 4) is 0 Å². The third-order valence-electron chi connectivity index (χ3n) is 5.91. The number of fused-ring (bicyclic) bond motifs is 1. The fraction of sp³-hybridized carbons (Fsp3) is 0.318. The minimum atomic E-state index is -4.98. The van der Waals surface area contributed by atoms with Gasteiger partial charge in [0.15, 0.2) is 0 Å². The van der Waals surface area contributed by atoms with Gasteiger partial charge in [-0.15, -0.1) is 0 Å². The Kier molecular flexibility index (Phi) is 6.38. The Morgan fingerprint density at radius 3 is 2.31 bits per heavy atom. The highest BCUT2D eigenvalue weighted by Crippen LogP contribution is 2.39. The third-order valence-corrected chi connectivity index (χ3v) is 7.65. The number of likely N-dealkylation sites (tertiary alicyclic amines) is 1. The van der Waals surface area contributed by atoms with Crippen molar-refractivity contribution in [3.63, 3.8) is 0 Å². The summed E-state index contributed by atoms with van der Waals surface area (Å²) < 4.78 is 95.5. The first-order valence-corrected chi connectivity index (χ1v) is 11.9. The Morgan fingerprint density at radius 2 is 1.71 bits per heavy atom. The molecule has 0 aliphatic carbocycles. The van der Waals surface area contributed by atoms with Gasteiger partial charge in [-0.2, -0.15) is 13.2 Å². The van der Waals surface area contributed by atoms with Gasteiger partial charge in [0.05, 0.1) is 11.1 Å². The molecule has 0 unspecified atom stereocenters. The highest BCUT2D eigenvalue weighted by molar-refractivity contribution is 7.90. The first-order chi connectivity index (χ1) is 16.4. The van der Waals surface area contributed by atoms with E-state index in [0.717, 1.165) is 18.2 Å². The molecule has 2 heterocycles. The lowest BCUT2D eigenvalue weighted by molar-refractivity contribution is -0.139. The number of amides is 1. The highest BCUT2D eigenvalue weighted by atomic mass is 32.2. The second-order valence-electron chi connectivity index (χ2n) is 8.07. The number of halogens is 5. The first kappa shape index (κ1) is 24.8. The number of alkyl halides is 5. The van der Waals surface area contributed by atoms with Crippen LogP contribution < -0.4 is 5.32 Å². The third kappa shape index (κ3) is 4.64. The molecular weight excluding hydrogens is 497 g/mol. The second-order valence-corrected chi connectivity index (χ2v) is 9.85. The van der Waals surface area contributed by atoms with E-state index < -0.39 is 44.7 Å². The Balaban J connectivity index is 1.80. The summed E-state index contributed by atoms with van der Waals surface area (Å²) in [5, 5.41) is 12.0. The van der Waals surface area contributed by atoms with Crippen LogP contribution in [0.15, 0.2) is 53.6 Å². The van der Waals surface area contributed by atoms with Crippen LogP contribution in [0.2, 0.25) is 0 Å². The van der Waals surface area contributed by atoms with Gasteiger partial charge in [-0.1, -0.05) is 18.2 Å². The monoisotopic (exact) mass is 517 g/mol. The number of anilines is 1. The zero-order chi connectivity index (χ0) is 25.5. The molecule has 2 N–H and O–H groups in total. The number of hydrogen-bond donors (Lipinski definition) is 2. The molecule has 0 saturated carbocycles. The van der Waals surface area contributed by atoms with Gasteiger partial charge in [0.2, 0.25) is 0 Å². The van der Waals surface area contributed by atoms with Crippen LogP contribution in [-0.2, 0) is 16.2 Å². The predicted octanol–water partition coefficient (Wildman–Crippen LogP) is 5.39. The van der Waals surface area contributed by atoms with Gasteiger partial charge in [0.1, 0.15) is 4.90 Å². The molecule has 2 aromatic carbocycles. The summed E-state index contributed by atoms with van der Waals surface area (Å²) in [4.78, 5) is 11.3. The zero-order valence-corrected chi connectivity index (χ0v) is 18.8. The summed E-state index contributed by atoms with van der Waals surface area (Å²) in [7, 11) is -4.90. The fourth-order valence-corrected chi connectivity index (χ4v) is 5.83. The SMILES string of the molecule is O=C(O)N1CCC(Nc2cccc3c2c(C(F)F)cn3S(=O)(=O)c2ccccc2C(F)(F)F)CC1. The summed E-state index contributed by atoms with van der Waals surface area (Å²) >= 11 is 0. The summed E-state index contributed by atoms with van der Waals surface area (Å²) in [6.45, 7) is 0.461. The molecule has 1 saturated heterocycles. The van der Waals surface area contributed by atoms with E-state index in [1.54, 1.807) is 0 Å². The van der Waals surface area contributed by atoms with E-state index >= 15 is 0 Å². The minimum Gasteiger partial charge on any atom is -0.465 e. The molecule has 3 aromatic rings. The van der Waals surface area contributed by atoms with E-state index in [9.17, 15) is 35.2 Å². The van der Waals surface area contributed by atoms with Crippen LogP contribution in [0.4, 0.5) is 32.4 Å². The lowest BCUT2D eigenvalue weighted by Gasteiger charge is -2.31. The average molecular weight is 517 g/mol. The summed E-state index contributed by atoms with van der Waals surface area (Å²) in [6.07, 6.45) is -7.71. The number of nitrogens with zero attached hydrogens (tertiary/aromatic N) is 2. The molecule has 7 nitrogen and oxygen atoms in total. The van der Waals surface area contributed by atoms with E-state index in [1.165, 1.54) is 23.1 Å². The van der Waals surface area contributed by atoms with E-state index in [4.69, 9.17) is 5.11 Å². The number of rotatable bonds is 5. The molecule has 0 atom stereocenters. The quantitative estimate of drug-likeness (QED) is 0.443. The molecule has 1 fully saturated rings. The minimum absolute atomic E-state index is 0.128. The van der Waals surface area contributed by atoms with Gasteiger partial charge in [-0.3, -0.25) is 0 Å². The Bertz CT molecular complexity index is 1360. The van der Waals surface area contributed by atoms with Crippen molar-refractivity contribution in [1.82, 2.24) is 8.87 Å². The van der Waals surface area contributed by atoms with Gasteiger partial charge < -0.3 is 15.3 Å². The molecule has 0 bridgehead atoms. The normalized spacial score (nSPS) is 15.7. The zero-order valence-electron chi connectivity index (χ0n) is 18.0. The highest BCUT2D eigenvalue weighted by Gasteiger charge is 2.38. The molecule has 0 radical (unpaired) electrons. The van der Waals surface area contributed by atoms with Gasteiger partial charge in [-0.05, 0) is 37.1 Å². The molecule has 1 aliphatic rings. The largest absolute Gasteiger partial charge is 0.465 e. The molecule has 188 valence electrons. The van der Waals surface area contributed by atoms with E-state index in [2.05, 4.69) is 5.32 Å². The number of nitrogens with one attached hydrogen (secondary N) is 1. The number of piperidine rings is 1. The van der Waals surface area contributed by atoms with Crippen molar-refractivity contribution in [1.29, 1.82) is 0 Å². The van der Waals surface area contributed by atoms with Crippen molar-refractivity contribution in [3.05, 3.63) is 59.8 Å². The molecule has 1 aliphatic heterocycles. The Morgan fingerprint density at radius 1 is 1.06 bits per heavy atom. The van der Waals surface area contributed by atoms with Gasteiger partial charge in [0, 0.05) is 42.0 Å². The van der Waals surface area contributed by atoms with Crippen LogP contribution in [0, 0.1) is 0 Å². The lowest BCUT2D eigenvalue weighted by atomic mass is 10.0. The van der Waals surface area contributed by atoms with Crippen LogP contribution in [0.25, 0.3) is 10.9 Å². The smallest absolute Gasteiger partial charge is 0.417 e. The number of aromatic nitrogens is 1. The van der Waals surface area contributed by atoms with Gasteiger partial charge in [0.25, 0.3) is 16.4 Å². The molecule has 1 amide bonds. The Labute approximate surface area is 196 Å². The molecule has 1 aromatic heterocycles. The summed E-state index contributed by atoms with van der Waals surface area (Å²) in [5.41, 5.74) is -2.08. The maximum Gasteiger partial charge on any atom is 0.417 e. The average Bonchev–Trinajstić information content (AvgIpc) is 3.21. The Hall–Kier alpha value is -3.35. The number of benzene rings is 2. The molecular formula is C22H20F5N3O4S. The first-order valence-electron chi connectivity index (χ1n) is 10.5. The molecule has 0 spiro atoms. The van der Waals surface area contributed by atoms with Crippen molar-refractivity contribution in [2.24, 2.45) is 0 Å². The van der Waals surface area contributed by atoms with Crippen LogP contribution >= 0.6 is 0 Å². The van der Waals surface area contributed by atoms with Crippen LogP contribution in [-0.4, -0.2) is 47.6 Å². The van der Waals surface area contributed by atoms with Crippen molar-refractivity contribution in [2.45, 2.75) is 36.4 Å². The van der Waals surface area contributed by atoms with Crippen LogP contribution in [0.1, 0.15) is 30.4 Å². The molecule has 35 heavy (non-hydrogen) atoms. The van der Waals surface area contributed by atoms with Gasteiger partial charge in [-0.25, -0.2) is 26.0 Å². The van der Waals surface area contributed by atoms with Crippen molar-refractivity contribution < 1.29 is 40.3 Å². The predicted molar refractivity (Wildman–Crippen MR) is 117 cm³/mol. The van der Waals surface area contributed by atoms with Crippen molar-refractivity contribution >= 4 is 32.7 Å². The van der Waals surface area contributed by atoms with Gasteiger partial charge >= 0.3 is 12.3 Å². The van der Waals surface area contributed by atoms with E-state index in [0.29, 0.717) is 29.1 Å². The molecule has 4 rings (SSSR count). The molecule has 13 heteroatoms. The van der Waals surface area contributed by atoms with Crippen LogP contribution in [0.3, 0.4) is 0 Å².